The van der Waals surface area contributed by atoms with Crippen LogP contribution in [-0.2, 0) is 6.54 Å². The minimum absolute atomic E-state index is 0.162. The second kappa shape index (κ2) is 5.06. The molecule has 0 saturated carbocycles. The summed E-state index contributed by atoms with van der Waals surface area (Å²) in [4.78, 5) is 0. The summed E-state index contributed by atoms with van der Waals surface area (Å²) in [6, 6.07) is 11.2. The molecule has 0 atom stereocenters. The van der Waals surface area contributed by atoms with Crippen molar-refractivity contribution in [3.63, 3.8) is 0 Å². The molecule has 0 aliphatic rings. The summed E-state index contributed by atoms with van der Waals surface area (Å²) in [6.45, 7) is 0.273. The molecule has 0 aliphatic heterocycles. The van der Waals surface area contributed by atoms with E-state index in [1.165, 1.54) is 6.07 Å². The van der Waals surface area contributed by atoms with Crippen molar-refractivity contribution in [3.8, 4) is 5.75 Å². The maximum absolute atomic E-state index is 13.5. The highest BCUT2D eigenvalue weighted by atomic mass is 35.5. The molecule has 88 valence electrons. The van der Waals surface area contributed by atoms with E-state index in [1.54, 1.807) is 36.4 Å². The highest BCUT2D eigenvalue weighted by Gasteiger charge is 2.06. The molecule has 2 rings (SSSR count). The number of hydrogen-bond donors (Lipinski definition) is 2. The predicted molar refractivity (Wildman–Crippen MR) is 66.8 cm³/mol. The van der Waals surface area contributed by atoms with Crippen molar-refractivity contribution in [3.05, 3.63) is 58.9 Å². The first-order valence-electron chi connectivity index (χ1n) is 5.12. The molecule has 4 heteroatoms. The normalized spacial score (nSPS) is 10.2. The van der Waals surface area contributed by atoms with Crippen LogP contribution in [0, 0.1) is 5.82 Å². The van der Waals surface area contributed by atoms with E-state index >= 15 is 0 Å². The Hall–Kier alpha value is -1.74. The van der Waals surface area contributed by atoms with Gasteiger partial charge in [0.25, 0.3) is 0 Å². The van der Waals surface area contributed by atoms with Crippen LogP contribution < -0.4 is 5.32 Å². The molecule has 0 bridgehead atoms. The number of phenols is 1. The quantitative estimate of drug-likeness (QED) is 0.870. The Morgan fingerprint density at radius 3 is 2.65 bits per heavy atom. The van der Waals surface area contributed by atoms with E-state index in [0.717, 1.165) is 0 Å². The Balaban J connectivity index is 2.13. The van der Waals surface area contributed by atoms with Gasteiger partial charge < -0.3 is 10.4 Å². The lowest BCUT2D eigenvalue weighted by Gasteiger charge is -2.09. The SMILES string of the molecule is Oc1cccc(NCc2c(F)cccc2Cl)c1. The van der Waals surface area contributed by atoms with Crippen molar-refractivity contribution >= 4 is 17.3 Å². The average molecular weight is 252 g/mol. The van der Waals surface area contributed by atoms with Crippen LogP contribution in [0.2, 0.25) is 5.02 Å². The maximum atomic E-state index is 13.5. The molecular formula is C13H11ClFNO. The topological polar surface area (TPSA) is 32.3 Å². The zero-order valence-electron chi connectivity index (χ0n) is 8.95. The van der Waals surface area contributed by atoms with Crippen molar-refractivity contribution in [2.45, 2.75) is 6.54 Å². The first kappa shape index (κ1) is 11.7. The number of rotatable bonds is 3. The predicted octanol–water partition coefficient (Wildman–Crippen LogP) is 3.80. The fourth-order valence-electron chi connectivity index (χ4n) is 1.51. The largest absolute Gasteiger partial charge is 0.508 e. The highest BCUT2D eigenvalue weighted by Crippen LogP contribution is 2.21. The van der Waals surface area contributed by atoms with Gasteiger partial charge in [-0.05, 0) is 24.3 Å². The summed E-state index contributed by atoms with van der Waals surface area (Å²) in [5.74, 6) is -0.181. The molecule has 0 spiro atoms. The van der Waals surface area contributed by atoms with Crippen LogP contribution in [-0.4, -0.2) is 5.11 Å². The van der Waals surface area contributed by atoms with Crippen LogP contribution in [0.25, 0.3) is 0 Å². The zero-order chi connectivity index (χ0) is 12.3. The molecule has 2 nitrogen and oxygen atoms in total. The Morgan fingerprint density at radius 1 is 1.18 bits per heavy atom. The van der Waals surface area contributed by atoms with Gasteiger partial charge in [0.15, 0.2) is 0 Å². The van der Waals surface area contributed by atoms with Crippen LogP contribution in [0.1, 0.15) is 5.56 Å². The summed E-state index contributed by atoms with van der Waals surface area (Å²) in [5.41, 5.74) is 1.13. The number of hydrogen-bond acceptors (Lipinski definition) is 2. The third-order valence-corrected chi connectivity index (χ3v) is 2.73. The lowest BCUT2D eigenvalue weighted by molar-refractivity contribution is 0.475. The first-order chi connectivity index (χ1) is 8.16. The third-order valence-electron chi connectivity index (χ3n) is 2.38. The summed E-state index contributed by atoms with van der Waals surface area (Å²) in [7, 11) is 0. The lowest BCUT2D eigenvalue weighted by atomic mass is 10.2. The van der Waals surface area contributed by atoms with Gasteiger partial charge in [0.1, 0.15) is 11.6 Å². The average Bonchev–Trinajstić information content (AvgIpc) is 2.28. The van der Waals surface area contributed by atoms with Crippen molar-refractivity contribution < 1.29 is 9.50 Å². The van der Waals surface area contributed by atoms with E-state index in [0.29, 0.717) is 16.3 Å². The Labute approximate surface area is 104 Å². The van der Waals surface area contributed by atoms with E-state index < -0.39 is 0 Å². The molecule has 2 N–H and O–H groups in total. The van der Waals surface area contributed by atoms with Gasteiger partial charge in [-0.25, -0.2) is 4.39 Å². The van der Waals surface area contributed by atoms with E-state index in [9.17, 15) is 9.50 Å². The molecule has 0 unspecified atom stereocenters. The number of anilines is 1. The molecule has 0 heterocycles. The fraction of sp³-hybridized carbons (Fsp3) is 0.0769. The monoisotopic (exact) mass is 251 g/mol. The number of halogens is 2. The van der Waals surface area contributed by atoms with Crippen LogP contribution in [0.15, 0.2) is 42.5 Å². The molecule has 2 aromatic rings. The lowest BCUT2D eigenvalue weighted by Crippen LogP contribution is -2.02. The minimum atomic E-state index is -0.342. The summed E-state index contributed by atoms with van der Waals surface area (Å²) in [5, 5.41) is 12.7. The molecule has 0 aliphatic carbocycles. The highest BCUT2D eigenvalue weighted by molar-refractivity contribution is 6.31. The van der Waals surface area contributed by atoms with Gasteiger partial charge in [-0.1, -0.05) is 23.7 Å². The Kier molecular flexibility index (Phi) is 3.49. The van der Waals surface area contributed by atoms with Crippen molar-refractivity contribution in [1.29, 1.82) is 0 Å². The van der Waals surface area contributed by atoms with Crippen LogP contribution in [0.3, 0.4) is 0 Å². The van der Waals surface area contributed by atoms with Gasteiger partial charge in [-0.15, -0.1) is 0 Å². The van der Waals surface area contributed by atoms with E-state index in [2.05, 4.69) is 5.32 Å². The summed E-state index contributed by atoms with van der Waals surface area (Å²) < 4.78 is 13.5. The van der Waals surface area contributed by atoms with Gasteiger partial charge >= 0.3 is 0 Å². The van der Waals surface area contributed by atoms with Gasteiger partial charge in [0.2, 0.25) is 0 Å². The van der Waals surface area contributed by atoms with Crippen LogP contribution in [0.5, 0.6) is 5.75 Å². The van der Waals surface area contributed by atoms with Crippen molar-refractivity contribution in [2.24, 2.45) is 0 Å². The van der Waals surface area contributed by atoms with Crippen LogP contribution >= 0.6 is 11.6 Å². The van der Waals surface area contributed by atoms with E-state index in [-0.39, 0.29) is 18.1 Å². The van der Waals surface area contributed by atoms with Gasteiger partial charge in [0, 0.05) is 28.9 Å². The first-order valence-corrected chi connectivity index (χ1v) is 5.50. The molecular weight excluding hydrogens is 241 g/mol. The molecule has 0 saturated heterocycles. The van der Waals surface area contributed by atoms with Gasteiger partial charge in [-0.2, -0.15) is 0 Å². The molecule has 0 amide bonds. The van der Waals surface area contributed by atoms with Crippen molar-refractivity contribution in [1.82, 2.24) is 0 Å². The molecule has 17 heavy (non-hydrogen) atoms. The van der Waals surface area contributed by atoms with Gasteiger partial charge in [0.05, 0.1) is 0 Å². The third kappa shape index (κ3) is 2.88. The number of phenolic OH excluding ortho intramolecular Hbond substituents is 1. The van der Waals surface area contributed by atoms with E-state index in [1.807, 2.05) is 0 Å². The zero-order valence-corrected chi connectivity index (χ0v) is 9.71. The Bertz CT molecular complexity index is 510. The van der Waals surface area contributed by atoms with Crippen molar-refractivity contribution in [2.75, 3.05) is 5.32 Å². The molecule has 2 aromatic carbocycles. The van der Waals surface area contributed by atoms with Crippen LogP contribution in [0.4, 0.5) is 10.1 Å². The fourth-order valence-corrected chi connectivity index (χ4v) is 1.74. The standard InChI is InChI=1S/C13H11ClFNO/c14-12-5-2-6-13(15)11(12)8-16-9-3-1-4-10(17)7-9/h1-7,16-17H,8H2. The number of nitrogens with one attached hydrogen (secondary N) is 1. The summed E-state index contributed by atoms with van der Waals surface area (Å²) in [6.07, 6.45) is 0. The number of aromatic hydroxyl groups is 1. The number of benzene rings is 2. The molecule has 0 fully saturated rings. The summed E-state index contributed by atoms with van der Waals surface area (Å²) >= 11 is 5.90. The second-order valence-corrected chi connectivity index (χ2v) is 4.01. The minimum Gasteiger partial charge on any atom is -0.508 e. The smallest absolute Gasteiger partial charge is 0.129 e. The molecule has 0 radical (unpaired) electrons. The maximum Gasteiger partial charge on any atom is 0.129 e. The Morgan fingerprint density at radius 2 is 1.94 bits per heavy atom. The molecule has 0 aromatic heterocycles. The van der Waals surface area contributed by atoms with E-state index in [4.69, 9.17) is 11.6 Å². The van der Waals surface area contributed by atoms with Gasteiger partial charge in [-0.3, -0.25) is 0 Å². The second-order valence-electron chi connectivity index (χ2n) is 3.60.